The summed E-state index contributed by atoms with van der Waals surface area (Å²) in [7, 11) is 1.73. The predicted octanol–water partition coefficient (Wildman–Crippen LogP) is 2.04. The molecule has 1 heterocycles. The highest BCUT2D eigenvalue weighted by Crippen LogP contribution is 2.19. The molecular formula is C15H30N2O2. The van der Waals surface area contributed by atoms with Gasteiger partial charge in [-0.25, -0.2) is 0 Å². The summed E-state index contributed by atoms with van der Waals surface area (Å²) in [4.78, 5) is 14.3. The number of methoxy groups -OCH3 is 1. The molecule has 1 atom stereocenters. The van der Waals surface area contributed by atoms with Crippen LogP contribution in [0.1, 0.15) is 46.5 Å². The van der Waals surface area contributed by atoms with Crippen LogP contribution in [0.15, 0.2) is 0 Å². The van der Waals surface area contributed by atoms with Crippen molar-refractivity contribution in [1.29, 1.82) is 0 Å². The van der Waals surface area contributed by atoms with E-state index >= 15 is 0 Å². The first-order valence-electron chi connectivity index (χ1n) is 7.47. The monoisotopic (exact) mass is 270 g/mol. The number of hydrogen-bond donors (Lipinski definition) is 1. The van der Waals surface area contributed by atoms with Crippen LogP contribution in [-0.2, 0) is 9.53 Å². The molecule has 0 aromatic rings. The molecule has 1 aliphatic rings. The minimum Gasteiger partial charge on any atom is -0.385 e. The lowest BCUT2D eigenvalue weighted by atomic mass is 9.89. The maximum Gasteiger partial charge on any atom is 0.239 e. The van der Waals surface area contributed by atoms with E-state index in [9.17, 15) is 4.79 Å². The minimum atomic E-state index is -0.0834. The van der Waals surface area contributed by atoms with Gasteiger partial charge < -0.3 is 15.0 Å². The molecule has 112 valence electrons. The lowest BCUT2D eigenvalue weighted by molar-refractivity contribution is -0.134. The van der Waals surface area contributed by atoms with Crippen LogP contribution in [0.4, 0.5) is 0 Å². The molecule has 0 aromatic heterocycles. The topological polar surface area (TPSA) is 41.6 Å². The Kier molecular flexibility index (Phi) is 6.80. The van der Waals surface area contributed by atoms with Gasteiger partial charge in [0, 0.05) is 33.4 Å². The van der Waals surface area contributed by atoms with Gasteiger partial charge in [-0.1, -0.05) is 13.8 Å². The summed E-state index contributed by atoms with van der Waals surface area (Å²) >= 11 is 0. The number of carbonyl (C=O) groups is 1. The van der Waals surface area contributed by atoms with Crippen LogP contribution in [0.3, 0.4) is 0 Å². The van der Waals surface area contributed by atoms with Gasteiger partial charge in [-0.15, -0.1) is 0 Å². The van der Waals surface area contributed by atoms with E-state index in [1.54, 1.807) is 7.11 Å². The average Bonchev–Trinajstić information content (AvgIpc) is 2.43. The van der Waals surface area contributed by atoms with E-state index < -0.39 is 0 Å². The Bertz CT molecular complexity index is 273. The molecule has 1 unspecified atom stereocenters. The molecule has 0 aliphatic carbocycles. The summed E-state index contributed by atoms with van der Waals surface area (Å²) in [6, 6.07) is -0.0834. The summed E-state index contributed by atoms with van der Waals surface area (Å²) < 4.78 is 5.12. The van der Waals surface area contributed by atoms with Crippen molar-refractivity contribution in [3.63, 3.8) is 0 Å². The van der Waals surface area contributed by atoms with Crippen LogP contribution in [0, 0.1) is 5.41 Å². The van der Waals surface area contributed by atoms with Gasteiger partial charge in [0.05, 0.1) is 6.04 Å². The second kappa shape index (κ2) is 7.85. The fraction of sp³-hybridized carbons (Fsp3) is 0.933. The fourth-order valence-corrected chi connectivity index (χ4v) is 2.37. The van der Waals surface area contributed by atoms with Crippen LogP contribution in [0.25, 0.3) is 0 Å². The Balaban J connectivity index is 2.32. The first kappa shape index (κ1) is 16.4. The number of nitrogens with one attached hydrogen (secondary N) is 1. The molecule has 1 fully saturated rings. The average molecular weight is 270 g/mol. The van der Waals surface area contributed by atoms with Gasteiger partial charge in [-0.05, 0) is 38.0 Å². The van der Waals surface area contributed by atoms with E-state index in [2.05, 4.69) is 19.2 Å². The van der Waals surface area contributed by atoms with E-state index in [-0.39, 0.29) is 17.4 Å². The van der Waals surface area contributed by atoms with Crippen LogP contribution in [0.5, 0.6) is 0 Å². The van der Waals surface area contributed by atoms with Gasteiger partial charge in [0.15, 0.2) is 0 Å². The number of piperidine rings is 1. The highest BCUT2D eigenvalue weighted by molar-refractivity contribution is 5.81. The smallest absolute Gasteiger partial charge is 0.239 e. The molecule has 0 radical (unpaired) electrons. The second-order valence-corrected chi connectivity index (χ2v) is 6.40. The third-order valence-electron chi connectivity index (χ3n) is 3.91. The maximum atomic E-state index is 12.3. The van der Waals surface area contributed by atoms with Gasteiger partial charge in [0.25, 0.3) is 0 Å². The maximum absolute atomic E-state index is 12.3. The second-order valence-electron chi connectivity index (χ2n) is 6.40. The summed E-state index contributed by atoms with van der Waals surface area (Å²) in [5.74, 6) is 0.252. The number of hydrogen-bond acceptors (Lipinski definition) is 3. The predicted molar refractivity (Wildman–Crippen MR) is 78.2 cm³/mol. The molecule has 0 aromatic carbocycles. The molecule has 0 spiro atoms. The number of likely N-dealkylation sites (tertiary alicyclic amines) is 1. The molecule has 4 heteroatoms. The molecule has 1 amide bonds. The largest absolute Gasteiger partial charge is 0.385 e. The number of carbonyl (C=O) groups excluding carboxylic acids is 1. The van der Waals surface area contributed by atoms with Crippen LogP contribution in [-0.4, -0.2) is 50.2 Å². The number of rotatable bonds is 7. The molecule has 1 aliphatic heterocycles. The van der Waals surface area contributed by atoms with Gasteiger partial charge in [-0.2, -0.15) is 0 Å². The third-order valence-corrected chi connectivity index (χ3v) is 3.91. The molecule has 19 heavy (non-hydrogen) atoms. The summed E-state index contributed by atoms with van der Waals surface area (Å²) in [6.45, 7) is 9.85. The van der Waals surface area contributed by atoms with E-state index in [0.717, 1.165) is 45.5 Å². The fourth-order valence-electron chi connectivity index (χ4n) is 2.37. The first-order chi connectivity index (χ1) is 8.96. The third kappa shape index (κ3) is 5.91. The summed E-state index contributed by atoms with van der Waals surface area (Å²) in [5.41, 5.74) is 0.159. The van der Waals surface area contributed by atoms with Crippen molar-refractivity contribution in [2.45, 2.75) is 52.5 Å². The zero-order chi connectivity index (χ0) is 14.3. The van der Waals surface area contributed by atoms with Crippen molar-refractivity contribution >= 4 is 5.91 Å². The van der Waals surface area contributed by atoms with Crippen molar-refractivity contribution in [2.24, 2.45) is 5.41 Å². The van der Waals surface area contributed by atoms with E-state index in [0.29, 0.717) is 0 Å². The molecule has 1 rings (SSSR count). The van der Waals surface area contributed by atoms with E-state index in [1.807, 2.05) is 11.8 Å². The Morgan fingerprint density at radius 3 is 2.53 bits per heavy atom. The Hall–Kier alpha value is -0.610. The molecule has 4 nitrogen and oxygen atoms in total. The number of amides is 1. The molecular weight excluding hydrogens is 240 g/mol. The zero-order valence-corrected chi connectivity index (χ0v) is 13.0. The van der Waals surface area contributed by atoms with Crippen molar-refractivity contribution in [1.82, 2.24) is 10.2 Å². The Labute approximate surface area is 117 Å². The van der Waals surface area contributed by atoms with E-state index in [1.165, 1.54) is 6.42 Å². The SMILES string of the molecule is COCCC(C)(C)CNC(C)C(=O)N1CCCCC1. The van der Waals surface area contributed by atoms with Crippen molar-refractivity contribution in [2.75, 3.05) is 33.4 Å². The van der Waals surface area contributed by atoms with E-state index in [4.69, 9.17) is 4.74 Å². The van der Waals surface area contributed by atoms with Crippen molar-refractivity contribution in [3.05, 3.63) is 0 Å². The molecule has 1 saturated heterocycles. The van der Waals surface area contributed by atoms with Crippen molar-refractivity contribution < 1.29 is 9.53 Å². The zero-order valence-electron chi connectivity index (χ0n) is 13.0. The highest BCUT2D eigenvalue weighted by atomic mass is 16.5. The van der Waals surface area contributed by atoms with Crippen LogP contribution < -0.4 is 5.32 Å². The lowest BCUT2D eigenvalue weighted by Gasteiger charge is -2.31. The normalized spacial score (nSPS) is 18.4. The highest BCUT2D eigenvalue weighted by Gasteiger charge is 2.24. The van der Waals surface area contributed by atoms with Crippen LogP contribution in [0.2, 0.25) is 0 Å². The Morgan fingerprint density at radius 1 is 1.32 bits per heavy atom. The van der Waals surface area contributed by atoms with Crippen LogP contribution >= 0.6 is 0 Å². The number of nitrogens with zero attached hydrogens (tertiary/aromatic N) is 1. The molecule has 0 saturated carbocycles. The standard InChI is InChI=1S/C15H30N2O2/c1-13(14(18)17-9-6-5-7-10-17)16-12-15(2,3)8-11-19-4/h13,16H,5-12H2,1-4H3. The minimum absolute atomic E-state index is 0.0834. The van der Waals surface area contributed by atoms with Gasteiger partial charge >= 0.3 is 0 Å². The van der Waals surface area contributed by atoms with Gasteiger partial charge in [0.2, 0.25) is 5.91 Å². The lowest BCUT2D eigenvalue weighted by Crippen LogP contribution is -2.48. The molecule has 1 N–H and O–H groups in total. The Morgan fingerprint density at radius 2 is 1.95 bits per heavy atom. The van der Waals surface area contributed by atoms with Gasteiger partial charge in [-0.3, -0.25) is 4.79 Å². The van der Waals surface area contributed by atoms with Gasteiger partial charge in [0.1, 0.15) is 0 Å². The number of ether oxygens (including phenoxy) is 1. The summed E-state index contributed by atoms with van der Waals surface area (Å²) in [6.07, 6.45) is 4.56. The first-order valence-corrected chi connectivity index (χ1v) is 7.47. The van der Waals surface area contributed by atoms with Crippen molar-refractivity contribution in [3.8, 4) is 0 Å². The summed E-state index contributed by atoms with van der Waals surface area (Å²) in [5, 5.41) is 3.38. The molecule has 0 bridgehead atoms. The quantitative estimate of drug-likeness (QED) is 0.770.